The molecule has 0 unspecified atom stereocenters. The van der Waals surface area contributed by atoms with E-state index < -0.39 is 35.8 Å². The number of hydrogen-bond donors (Lipinski definition) is 3. The highest BCUT2D eigenvalue weighted by Crippen LogP contribution is 2.37. The molecular formula is C28H28F6N6O5. The zero-order valence-electron chi connectivity index (χ0n) is 24.0. The molecule has 242 valence electrons. The highest BCUT2D eigenvalue weighted by molar-refractivity contribution is 6.08. The van der Waals surface area contributed by atoms with Crippen molar-refractivity contribution in [1.82, 2.24) is 15.1 Å². The third-order valence-corrected chi connectivity index (χ3v) is 6.49. The van der Waals surface area contributed by atoms with Crippen molar-refractivity contribution in [2.24, 2.45) is 5.73 Å². The number of carbonyl (C=O) groups is 4. The monoisotopic (exact) mass is 642 g/mol. The number of benzene rings is 2. The van der Waals surface area contributed by atoms with Crippen LogP contribution in [-0.4, -0.2) is 70.9 Å². The summed E-state index contributed by atoms with van der Waals surface area (Å²) < 4.78 is 74.2. The number of halogens is 6. The first-order chi connectivity index (χ1) is 20.8. The minimum Gasteiger partial charge on any atom is -0.475 e. The maximum absolute atomic E-state index is 13.8. The largest absolute Gasteiger partial charge is 0.490 e. The number of primary amides is 1. The third-order valence-electron chi connectivity index (χ3n) is 6.49. The first kappa shape index (κ1) is 34.6. The quantitative estimate of drug-likeness (QED) is 0.332. The summed E-state index contributed by atoms with van der Waals surface area (Å²) in [5.41, 5.74) is 4.97. The molecular weight excluding hydrogens is 614 g/mol. The highest BCUT2D eigenvalue weighted by Gasteiger charge is 2.43. The Balaban J connectivity index is 0.000000707. The fourth-order valence-electron chi connectivity index (χ4n) is 4.22. The number of rotatable bonds is 7. The van der Waals surface area contributed by atoms with Crippen LogP contribution in [0.1, 0.15) is 46.0 Å². The molecule has 0 saturated carbocycles. The molecule has 1 aliphatic rings. The van der Waals surface area contributed by atoms with Gasteiger partial charge in [-0.1, -0.05) is 19.9 Å². The van der Waals surface area contributed by atoms with E-state index in [2.05, 4.69) is 10.4 Å². The number of carbonyl (C=O) groups excluding carboxylic acids is 3. The van der Waals surface area contributed by atoms with E-state index in [9.17, 15) is 40.7 Å². The lowest BCUT2D eigenvalue weighted by Crippen LogP contribution is -2.39. The van der Waals surface area contributed by atoms with Gasteiger partial charge >= 0.3 is 18.3 Å². The summed E-state index contributed by atoms with van der Waals surface area (Å²) in [4.78, 5) is 49.4. The molecule has 4 rings (SSSR count). The number of alkyl halides is 6. The van der Waals surface area contributed by atoms with E-state index >= 15 is 0 Å². The number of hydrogen-bond acceptors (Lipinski definition) is 6. The van der Waals surface area contributed by atoms with Gasteiger partial charge in [-0.15, -0.1) is 0 Å². The lowest BCUT2D eigenvalue weighted by molar-refractivity contribution is -0.192. The Kier molecular flexibility index (Phi) is 10.3. The zero-order valence-corrected chi connectivity index (χ0v) is 24.0. The smallest absolute Gasteiger partial charge is 0.475 e. The summed E-state index contributed by atoms with van der Waals surface area (Å²) in [6.07, 6.45) is -9.94. The van der Waals surface area contributed by atoms with Gasteiger partial charge in [0.1, 0.15) is 5.69 Å². The lowest BCUT2D eigenvalue weighted by Gasteiger charge is -2.28. The molecule has 0 radical (unpaired) electrons. The molecule has 0 aliphatic carbocycles. The van der Waals surface area contributed by atoms with Crippen LogP contribution in [0.5, 0.6) is 0 Å². The van der Waals surface area contributed by atoms with E-state index in [1.54, 1.807) is 31.3 Å². The normalized spacial score (nSPS) is 13.2. The number of carboxylic acid groups (broad SMARTS) is 1. The van der Waals surface area contributed by atoms with Crippen molar-refractivity contribution in [3.8, 4) is 5.69 Å². The minimum atomic E-state index is -5.08. The first-order valence-electron chi connectivity index (χ1n) is 13.1. The Morgan fingerprint density at radius 1 is 1.04 bits per heavy atom. The number of nitrogens with two attached hydrogens (primary N) is 1. The van der Waals surface area contributed by atoms with Crippen LogP contribution in [0.4, 0.5) is 37.7 Å². The van der Waals surface area contributed by atoms with E-state index in [-0.39, 0.29) is 54.0 Å². The predicted molar refractivity (Wildman–Crippen MR) is 149 cm³/mol. The maximum atomic E-state index is 13.8. The molecule has 1 aromatic heterocycles. The molecule has 45 heavy (non-hydrogen) atoms. The van der Waals surface area contributed by atoms with Gasteiger partial charge in [0.15, 0.2) is 5.69 Å². The Hall–Kier alpha value is -4.93. The number of anilines is 2. The molecule has 2 aromatic carbocycles. The molecule has 0 atom stereocenters. The van der Waals surface area contributed by atoms with E-state index in [0.29, 0.717) is 11.4 Å². The van der Waals surface area contributed by atoms with Crippen LogP contribution >= 0.6 is 0 Å². The molecule has 3 aromatic rings. The van der Waals surface area contributed by atoms with Gasteiger partial charge in [0.25, 0.3) is 5.91 Å². The van der Waals surface area contributed by atoms with Crippen LogP contribution in [0.15, 0.2) is 48.5 Å². The summed E-state index contributed by atoms with van der Waals surface area (Å²) >= 11 is 0. The Morgan fingerprint density at radius 2 is 1.64 bits per heavy atom. The van der Waals surface area contributed by atoms with Gasteiger partial charge in [0.2, 0.25) is 11.8 Å². The number of fused-ring (bicyclic) bond motifs is 1. The van der Waals surface area contributed by atoms with Crippen LogP contribution in [0.2, 0.25) is 0 Å². The van der Waals surface area contributed by atoms with Gasteiger partial charge < -0.3 is 26.0 Å². The highest BCUT2D eigenvalue weighted by atomic mass is 19.4. The molecule has 0 fully saturated rings. The number of amides is 3. The molecule has 0 spiro atoms. The second-order valence-electron chi connectivity index (χ2n) is 10.0. The number of aliphatic carboxylic acids is 1. The SMILES string of the molecule is CC(C)NCC(=O)N(C)c1ccc(N2CCc3c(C(F)(F)F)nn(-c4cccc(C(N)=O)c4)c3C2=O)cc1.O=C(O)C(F)(F)F. The number of likely N-dealkylation sites (N-methyl/N-ethyl adjacent to an activating group) is 1. The van der Waals surface area contributed by atoms with Gasteiger partial charge in [-0.05, 0) is 48.9 Å². The second kappa shape index (κ2) is 13.4. The molecule has 11 nitrogen and oxygen atoms in total. The third kappa shape index (κ3) is 8.17. The summed E-state index contributed by atoms with van der Waals surface area (Å²) in [6.45, 7) is 4.03. The van der Waals surface area contributed by atoms with Gasteiger partial charge in [-0.3, -0.25) is 14.4 Å². The summed E-state index contributed by atoms with van der Waals surface area (Å²) in [7, 11) is 1.63. The molecule has 3 amide bonds. The number of nitrogens with zero attached hydrogens (tertiary/aromatic N) is 4. The Labute approximate surface area is 252 Å². The topological polar surface area (TPSA) is 151 Å². The van der Waals surface area contributed by atoms with Crippen LogP contribution < -0.4 is 20.9 Å². The van der Waals surface area contributed by atoms with Crippen molar-refractivity contribution in [2.45, 2.75) is 38.7 Å². The summed E-state index contributed by atoms with van der Waals surface area (Å²) in [6, 6.07) is 12.4. The van der Waals surface area contributed by atoms with E-state index in [4.69, 9.17) is 15.6 Å². The maximum Gasteiger partial charge on any atom is 0.490 e. The van der Waals surface area contributed by atoms with Crippen LogP contribution in [0, 0.1) is 0 Å². The number of nitrogens with one attached hydrogen (secondary N) is 1. The average molecular weight is 643 g/mol. The average Bonchev–Trinajstić information content (AvgIpc) is 3.37. The first-order valence-corrected chi connectivity index (χ1v) is 13.1. The van der Waals surface area contributed by atoms with E-state index in [1.165, 1.54) is 34.1 Å². The predicted octanol–water partition coefficient (Wildman–Crippen LogP) is 3.79. The van der Waals surface area contributed by atoms with Gasteiger partial charge in [-0.25, -0.2) is 9.48 Å². The fraction of sp³-hybridized carbons (Fsp3) is 0.321. The second-order valence-corrected chi connectivity index (χ2v) is 10.0. The Bertz CT molecular complexity index is 1580. The van der Waals surface area contributed by atoms with Gasteiger partial charge in [0, 0.05) is 42.1 Å². The zero-order chi connectivity index (χ0) is 33.9. The minimum absolute atomic E-state index is 0.00829. The van der Waals surface area contributed by atoms with Crippen molar-refractivity contribution >= 4 is 35.1 Å². The molecule has 2 heterocycles. The van der Waals surface area contributed by atoms with Crippen molar-refractivity contribution in [2.75, 3.05) is 29.9 Å². The summed E-state index contributed by atoms with van der Waals surface area (Å²) in [5, 5.41) is 13.9. The van der Waals surface area contributed by atoms with Crippen molar-refractivity contribution in [3.05, 3.63) is 71.0 Å². The van der Waals surface area contributed by atoms with E-state index in [1.807, 2.05) is 13.8 Å². The lowest BCUT2D eigenvalue weighted by atomic mass is 10.0. The van der Waals surface area contributed by atoms with Gasteiger partial charge in [-0.2, -0.15) is 31.4 Å². The van der Waals surface area contributed by atoms with Crippen LogP contribution in [-0.2, 0) is 22.2 Å². The molecule has 1 aliphatic heterocycles. The van der Waals surface area contributed by atoms with Crippen molar-refractivity contribution in [1.29, 1.82) is 0 Å². The standard InChI is InChI=1S/C26H27F3N6O3.C2HF3O2/c1-15(2)31-14-21(36)33(3)17-7-9-18(10-8-17)34-12-11-20-22(25(34)38)35(32-23(20)26(27,28)29)19-6-4-5-16(13-19)24(30)37;3-2(4,5)1(6)7/h4-10,13,15,31H,11-12,14H2,1-3H3,(H2,30,37);(H,6,7). The molecule has 0 saturated heterocycles. The summed E-state index contributed by atoms with van der Waals surface area (Å²) in [5.74, 6) is -4.34. The van der Waals surface area contributed by atoms with Crippen molar-refractivity contribution in [3.63, 3.8) is 0 Å². The van der Waals surface area contributed by atoms with Crippen LogP contribution in [0.25, 0.3) is 5.69 Å². The molecule has 0 bridgehead atoms. The van der Waals surface area contributed by atoms with E-state index in [0.717, 1.165) is 4.68 Å². The van der Waals surface area contributed by atoms with Gasteiger partial charge in [0.05, 0.1) is 12.2 Å². The Morgan fingerprint density at radius 3 is 2.16 bits per heavy atom. The molecule has 17 heteroatoms. The van der Waals surface area contributed by atoms with Crippen molar-refractivity contribution < 1.29 is 50.6 Å². The van der Waals surface area contributed by atoms with Crippen LogP contribution in [0.3, 0.4) is 0 Å². The molecule has 4 N–H and O–H groups in total. The number of carboxylic acids is 1. The fourth-order valence-corrected chi connectivity index (χ4v) is 4.22. The number of aromatic nitrogens is 2.